The van der Waals surface area contributed by atoms with Crippen molar-refractivity contribution in [1.29, 1.82) is 0 Å². The van der Waals surface area contributed by atoms with Gasteiger partial charge in [-0.25, -0.2) is 14.8 Å². The van der Waals surface area contributed by atoms with Gasteiger partial charge in [0, 0.05) is 37.9 Å². The van der Waals surface area contributed by atoms with Crippen LogP contribution in [0.2, 0.25) is 0 Å². The third-order valence-corrected chi connectivity index (χ3v) is 5.12. The molecule has 0 spiro atoms. The van der Waals surface area contributed by atoms with Gasteiger partial charge in [0.15, 0.2) is 0 Å². The average molecular weight is 365 g/mol. The second kappa shape index (κ2) is 8.00. The SMILES string of the molecule is Cc1nccn1-c1ccccc1CNCC1CNNC1c1ccc(F)cc1. The number of halogens is 1. The molecule has 1 aromatic heterocycles. The predicted octanol–water partition coefficient (Wildman–Crippen LogP) is 2.87. The van der Waals surface area contributed by atoms with Gasteiger partial charge in [-0.05, 0) is 36.2 Å². The molecular weight excluding hydrogens is 341 g/mol. The van der Waals surface area contributed by atoms with Gasteiger partial charge in [0.05, 0.1) is 11.7 Å². The Hall–Kier alpha value is -2.54. The van der Waals surface area contributed by atoms with E-state index in [2.05, 4.69) is 43.9 Å². The van der Waals surface area contributed by atoms with E-state index in [-0.39, 0.29) is 11.9 Å². The highest BCUT2D eigenvalue weighted by Crippen LogP contribution is 2.25. The zero-order chi connectivity index (χ0) is 18.6. The van der Waals surface area contributed by atoms with Crippen LogP contribution in [0.15, 0.2) is 60.9 Å². The molecule has 2 atom stereocenters. The summed E-state index contributed by atoms with van der Waals surface area (Å²) < 4.78 is 15.3. The fourth-order valence-corrected chi connectivity index (χ4v) is 3.67. The van der Waals surface area contributed by atoms with Crippen LogP contribution in [0, 0.1) is 18.7 Å². The molecule has 27 heavy (non-hydrogen) atoms. The molecule has 3 N–H and O–H groups in total. The minimum absolute atomic E-state index is 0.171. The van der Waals surface area contributed by atoms with Crippen molar-refractivity contribution in [2.75, 3.05) is 13.1 Å². The molecular formula is C21H24FN5. The smallest absolute Gasteiger partial charge is 0.123 e. The van der Waals surface area contributed by atoms with Gasteiger partial charge >= 0.3 is 0 Å². The maximum absolute atomic E-state index is 13.2. The highest BCUT2D eigenvalue weighted by atomic mass is 19.1. The summed E-state index contributed by atoms with van der Waals surface area (Å²) in [6.45, 7) is 4.52. The zero-order valence-corrected chi connectivity index (χ0v) is 15.3. The van der Waals surface area contributed by atoms with Gasteiger partial charge in [-0.2, -0.15) is 0 Å². The van der Waals surface area contributed by atoms with E-state index in [0.29, 0.717) is 5.92 Å². The van der Waals surface area contributed by atoms with E-state index in [1.54, 1.807) is 0 Å². The van der Waals surface area contributed by atoms with Crippen molar-refractivity contribution in [3.63, 3.8) is 0 Å². The first kappa shape index (κ1) is 17.9. The number of nitrogens with zero attached hydrogens (tertiary/aromatic N) is 2. The lowest BCUT2D eigenvalue weighted by Crippen LogP contribution is -2.28. The molecule has 0 aliphatic carbocycles. The minimum atomic E-state index is -0.203. The van der Waals surface area contributed by atoms with Crippen molar-refractivity contribution >= 4 is 0 Å². The fourth-order valence-electron chi connectivity index (χ4n) is 3.67. The largest absolute Gasteiger partial charge is 0.312 e. The van der Waals surface area contributed by atoms with Crippen molar-refractivity contribution in [3.05, 3.63) is 83.7 Å². The summed E-state index contributed by atoms with van der Waals surface area (Å²) in [5.74, 6) is 1.16. The normalized spacial score (nSPS) is 19.5. The van der Waals surface area contributed by atoms with Crippen LogP contribution in [0.25, 0.3) is 5.69 Å². The van der Waals surface area contributed by atoms with Gasteiger partial charge in [-0.1, -0.05) is 30.3 Å². The van der Waals surface area contributed by atoms with Gasteiger partial charge < -0.3 is 9.88 Å². The summed E-state index contributed by atoms with van der Waals surface area (Å²) in [6, 6.07) is 15.3. The second-order valence-corrected chi connectivity index (χ2v) is 6.92. The number of aryl methyl sites for hydroxylation is 1. The number of benzene rings is 2. The molecule has 0 bridgehead atoms. The van der Waals surface area contributed by atoms with Crippen LogP contribution in [0.5, 0.6) is 0 Å². The molecule has 3 aromatic rings. The number of hydrogen-bond donors (Lipinski definition) is 3. The van der Waals surface area contributed by atoms with E-state index in [0.717, 1.165) is 36.7 Å². The monoisotopic (exact) mass is 365 g/mol. The van der Waals surface area contributed by atoms with Crippen LogP contribution in [0.4, 0.5) is 4.39 Å². The summed E-state index contributed by atoms with van der Waals surface area (Å²) in [6.07, 6.45) is 3.81. The van der Waals surface area contributed by atoms with Gasteiger partial charge in [-0.15, -0.1) is 0 Å². The molecule has 1 saturated heterocycles. The molecule has 0 radical (unpaired) electrons. The Kier molecular flexibility index (Phi) is 5.29. The molecule has 2 heterocycles. The minimum Gasteiger partial charge on any atom is -0.312 e. The Bertz CT molecular complexity index is 890. The Morgan fingerprint density at radius 1 is 1.19 bits per heavy atom. The molecule has 0 saturated carbocycles. The number of para-hydroxylation sites is 1. The van der Waals surface area contributed by atoms with Crippen LogP contribution >= 0.6 is 0 Å². The number of aromatic nitrogens is 2. The summed E-state index contributed by atoms with van der Waals surface area (Å²) in [5.41, 5.74) is 10.0. The molecule has 1 aliphatic rings. The van der Waals surface area contributed by atoms with Crippen LogP contribution in [-0.4, -0.2) is 22.6 Å². The van der Waals surface area contributed by atoms with Crippen molar-refractivity contribution in [1.82, 2.24) is 25.7 Å². The molecule has 2 aromatic carbocycles. The summed E-state index contributed by atoms with van der Waals surface area (Å²) in [5, 5.41) is 3.59. The van der Waals surface area contributed by atoms with E-state index in [4.69, 9.17) is 0 Å². The van der Waals surface area contributed by atoms with Crippen molar-refractivity contribution in [2.45, 2.75) is 19.5 Å². The summed E-state index contributed by atoms with van der Waals surface area (Å²) >= 11 is 0. The Morgan fingerprint density at radius 3 is 2.78 bits per heavy atom. The highest BCUT2D eigenvalue weighted by Gasteiger charge is 2.27. The van der Waals surface area contributed by atoms with Crippen LogP contribution in [-0.2, 0) is 6.54 Å². The first-order valence-electron chi connectivity index (χ1n) is 9.25. The third kappa shape index (κ3) is 3.93. The fraction of sp³-hybridized carbons (Fsp3) is 0.286. The standard InChI is InChI=1S/C21H24FN5/c1-15-24-10-11-27(15)20-5-3-2-4-17(20)12-23-13-18-14-25-26-21(18)16-6-8-19(22)9-7-16/h2-11,18,21,23,25-26H,12-14H2,1H3. The van der Waals surface area contributed by atoms with E-state index in [1.807, 2.05) is 37.5 Å². The Labute approximate surface area is 158 Å². The van der Waals surface area contributed by atoms with Crippen molar-refractivity contribution in [2.24, 2.45) is 5.92 Å². The van der Waals surface area contributed by atoms with Crippen molar-refractivity contribution < 1.29 is 4.39 Å². The summed E-state index contributed by atoms with van der Waals surface area (Å²) in [4.78, 5) is 4.33. The van der Waals surface area contributed by atoms with Crippen LogP contribution in [0.1, 0.15) is 23.0 Å². The molecule has 5 nitrogen and oxygen atoms in total. The molecule has 6 heteroatoms. The van der Waals surface area contributed by atoms with Gasteiger partial charge in [0.2, 0.25) is 0 Å². The lowest BCUT2D eigenvalue weighted by Gasteiger charge is -2.20. The van der Waals surface area contributed by atoms with Crippen LogP contribution < -0.4 is 16.2 Å². The lowest BCUT2D eigenvalue weighted by molar-refractivity contribution is 0.441. The first-order chi connectivity index (χ1) is 13.2. The van der Waals surface area contributed by atoms with Gasteiger partial charge in [0.1, 0.15) is 11.6 Å². The number of hydrazine groups is 1. The maximum Gasteiger partial charge on any atom is 0.123 e. The van der Waals surface area contributed by atoms with Crippen molar-refractivity contribution in [3.8, 4) is 5.69 Å². The quantitative estimate of drug-likeness (QED) is 0.629. The number of rotatable bonds is 6. The molecule has 4 rings (SSSR count). The molecule has 2 unspecified atom stereocenters. The lowest BCUT2D eigenvalue weighted by atomic mass is 9.95. The van der Waals surface area contributed by atoms with E-state index >= 15 is 0 Å². The molecule has 140 valence electrons. The van der Waals surface area contributed by atoms with E-state index in [1.165, 1.54) is 17.7 Å². The highest BCUT2D eigenvalue weighted by molar-refractivity contribution is 5.42. The van der Waals surface area contributed by atoms with Crippen LogP contribution in [0.3, 0.4) is 0 Å². The second-order valence-electron chi connectivity index (χ2n) is 6.92. The third-order valence-electron chi connectivity index (χ3n) is 5.12. The molecule has 1 fully saturated rings. The molecule has 1 aliphatic heterocycles. The molecule has 0 amide bonds. The van der Waals surface area contributed by atoms with E-state index in [9.17, 15) is 4.39 Å². The maximum atomic E-state index is 13.2. The van der Waals surface area contributed by atoms with E-state index < -0.39 is 0 Å². The zero-order valence-electron chi connectivity index (χ0n) is 15.3. The topological polar surface area (TPSA) is 53.9 Å². The predicted molar refractivity (Wildman–Crippen MR) is 104 cm³/mol. The van der Waals surface area contributed by atoms with Gasteiger partial charge in [0.25, 0.3) is 0 Å². The van der Waals surface area contributed by atoms with Gasteiger partial charge in [-0.3, -0.25) is 5.43 Å². The number of nitrogens with one attached hydrogen (secondary N) is 3. The number of imidazole rings is 1. The Balaban J connectivity index is 1.41. The number of hydrogen-bond acceptors (Lipinski definition) is 4. The summed E-state index contributed by atoms with van der Waals surface area (Å²) in [7, 11) is 0. The average Bonchev–Trinajstić information content (AvgIpc) is 3.32. The Morgan fingerprint density at radius 2 is 2.00 bits per heavy atom. The first-order valence-corrected chi connectivity index (χ1v) is 9.25.